The molecule has 0 spiro atoms. The second-order valence-electron chi connectivity index (χ2n) is 7.85. The third-order valence-corrected chi connectivity index (χ3v) is 6.77. The number of aryl methyl sites for hydroxylation is 1. The van der Waals surface area contributed by atoms with Crippen LogP contribution in [0.4, 0.5) is 0 Å². The average Bonchev–Trinajstić information content (AvgIpc) is 3.27. The van der Waals surface area contributed by atoms with Gasteiger partial charge in [-0.15, -0.1) is 0 Å². The van der Waals surface area contributed by atoms with Crippen LogP contribution in [0.25, 0.3) is 11.6 Å². The fourth-order valence-electron chi connectivity index (χ4n) is 3.84. The Morgan fingerprint density at radius 3 is 2.34 bits per heavy atom. The van der Waals surface area contributed by atoms with Crippen molar-refractivity contribution in [3.8, 4) is 0 Å². The Morgan fingerprint density at radius 1 is 0.844 bits per heavy atom. The average molecular weight is 443 g/mol. The van der Waals surface area contributed by atoms with Gasteiger partial charge in [-0.25, -0.2) is 4.83 Å². The molecule has 3 aromatic rings. The van der Waals surface area contributed by atoms with Gasteiger partial charge in [0.15, 0.2) is 0 Å². The smallest absolute Gasteiger partial charge is 0.200 e. The standard InChI is InChI=1S/C27H26N2O2S/c1-21-14-18-25(19-15-21)32(30,31)29-28-20-24-10-5-6-12-27(24)26-13-7-11-23(26)17-16-22-8-3-2-4-9-22/h2-6,8-10,12,14-20,29H,7,11,13H2,1H3/b17-16+,28-20+. The van der Waals surface area contributed by atoms with Crippen LogP contribution in [-0.4, -0.2) is 14.6 Å². The van der Waals surface area contributed by atoms with E-state index in [1.54, 1.807) is 30.5 Å². The van der Waals surface area contributed by atoms with E-state index in [1.807, 2.05) is 43.3 Å². The lowest BCUT2D eigenvalue weighted by molar-refractivity contribution is 0.584. The highest BCUT2D eigenvalue weighted by Gasteiger charge is 2.17. The molecule has 0 atom stereocenters. The number of sulfonamides is 1. The van der Waals surface area contributed by atoms with E-state index in [2.05, 4.69) is 40.3 Å². The van der Waals surface area contributed by atoms with Gasteiger partial charge in [-0.1, -0.05) is 84.4 Å². The maximum Gasteiger partial charge on any atom is 0.276 e. The fourth-order valence-corrected chi connectivity index (χ4v) is 4.63. The molecular weight excluding hydrogens is 416 g/mol. The van der Waals surface area contributed by atoms with Gasteiger partial charge < -0.3 is 0 Å². The molecule has 0 unspecified atom stereocenters. The molecule has 0 saturated carbocycles. The van der Waals surface area contributed by atoms with Gasteiger partial charge in [-0.2, -0.15) is 13.5 Å². The van der Waals surface area contributed by atoms with Crippen LogP contribution in [0.2, 0.25) is 0 Å². The number of allylic oxidation sites excluding steroid dienone is 3. The summed E-state index contributed by atoms with van der Waals surface area (Å²) in [6, 6.07) is 24.9. The molecule has 1 aliphatic rings. The molecule has 4 nitrogen and oxygen atoms in total. The van der Waals surface area contributed by atoms with Crippen LogP contribution in [0.15, 0.2) is 101 Å². The van der Waals surface area contributed by atoms with E-state index in [1.165, 1.54) is 16.7 Å². The van der Waals surface area contributed by atoms with E-state index in [-0.39, 0.29) is 4.90 Å². The van der Waals surface area contributed by atoms with Gasteiger partial charge in [0.2, 0.25) is 0 Å². The number of hydrogen-bond donors (Lipinski definition) is 1. The predicted octanol–water partition coefficient (Wildman–Crippen LogP) is 5.96. The molecule has 1 N–H and O–H groups in total. The lowest BCUT2D eigenvalue weighted by Crippen LogP contribution is -2.18. The van der Waals surface area contributed by atoms with E-state index in [4.69, 9.17) is 0 Å². The van der Waals surface area contributed by atoms with Gasteiger partial charge >= 0.3 is 0 Å². The largest absolute Gasteiger partial charge is 0.276 e. The minimum atomic E-state index is -3.70. The van der Waals surface area contributed by atoms with E-state index < -0.39 is 10.0 Å². The zero-order chi connectivity index (χ0) is 22.4. The maximum absolute atomic E-state index is 12.5. The van der Waals surface area contributed by atoms with Crippen molar-refractivity contribution in [1.82, 2.24) is 4.83 Å². The zero-order valence-corrected chi connectivity index (χ0v) is 18.8. The van der Waals surface area contributed by atoms with Crippen molar-refractivity contribution in [2.45, 2.75) is 31.1 Å². The molecule has 0 amide bonds. The minimum Gasteiger partial charge on any atom is -0.200 e. The second-order valence-corrected chi connectivity index (χ2v) is 9.52. The summed E-state index contributed by atoms with van der Waals surface area (Å²) in [4.78, 5) is 2.53. The Balaban J connectivity index is 1.57. The van der Waals surface area contributed by atoms with Crippen molar-refractivity contribution >= 4 is 27.9 Å². The van der Waals surface area contributed by atoms with E-state index in [0.29, 0.717) is 0 Å². The summed E-state index contributed by atoms with van der Waals surface area (Å²) in [5.74, 6) is 0. The van der Waals surface area contributed by atoms with Gasteiger partial charge in [-0.3, -0.25) is 0 Å². The summed E-state index contributed by atoms with van der Waals surface area (Å²) < 4.78 is 25.0. The molecule has 1 aliphatic carbocycles. The van der Waals surface area contributed by atoms with Crippen LogP contribution in [0.5, 0.6) is 0 Å². The van der Waals surface area contributed by atoms with Gasteiger partial charge in [0, 0.05) is 5.56 Å². The second kappa shape index (κ2) is 9.79. The van der Waals surface area contributed by atoms with Gasteiger partial charge in [0.25, 0.3) is 10.0 Å². The summed E-state index contributed by atoms with van der Waals surface area (Å²) in [5.41, 5.74) is 6.77. The van der Waals surface area contributed by atoms with Crippen LogP contribution in [0, 0.1) is 6.92 Å². The lowest BCUT2D eigenvalue weighted by atomic mass is 9.97. The number of hydrogen-bond acceptors (Lipinski definition) is 3. The third-order valence-electron chi connectivity index (χ3n) is 5.53. The number of nitrogens with zero attached hydrogens (tertiary/aromatic N) is 1. The molecule has 0 aliphatic heterocycles. The Hall–Kier alpha value is -3.44. The quantitative estimate of drug-likeness (QED) is 0.363. The summed E-state index contributed by atoms with van der Waals surface area (Å²) in [6.45, 7) is 1.92. The van der Waals surface area contributed by atoms with Crippen molar-refractivity contribution in [1.29, 1.82) is 0 Å². The predicted molar refractivity (Wildman–Crippen MR) is 132 cm³/mol. The number of benzene rings is 3. The molecule has 5 heteroatoms. The van der Waals surface area contributed by atoms with Gasteiger partial charge in [-0.05, 0) is 60.6 Å². The lowest BCUT2D eigenvalue weighted by Gasteiger charge is -2.09. The van der Waals surface area contributed by atoms with Crippen molar-refractivity contribution in [2.75, 3.05) is 0 Å². The SMILES string of the molecule is Cc1ccc(S(=O)(=O)N/N=C/c2ccccc2C2=C(/C=C/c3ccccc3)CCC2)cc1. The van der Waals surface area contributed by atoms with Crippen LogP contribution >= 0.6 is 0 Å². The number of rotatable bonds is 7. The molecular formula is C27H26N2O2S. The molecule has 0 fully saturated rings. The summed E-state index contributed by atoms with van der Waals surface area (Å²) in [5, 5.41) is 4.06. The van der Waals surface area contributed by atoms with Gasteiger partial charge in [0.05, 0.1) is 11.1 Å². The molecule has 0 aromatic heterocycles. The molecule has 32 heavy (non-hydrogen) atoms. The zero-order valence-electron chi connectivity index (χ0n) is 18.0. The molecule has 3 aromatic carbocycles. The van der Waals surface area contributed by atoms with Crippen LogP contribution in [-0.2, 0) is 10.0 Å². The Kier molecular flexibility index (Phi) is 6.66. The van der Waals surface area contributed by atoms with Gasteiger partial charge in [0.1, 0.15) is 0 Å². The van der Waals surface area contributed by atoms with Crippen LogP contribution in [0.1, 0.15) is 41.5 Å². The molecule has 0 radical (unpaired) electrons. The summed E-state index contributed by atoms with van der Waals surface area (Å²) in [6.07, 6.45) is 9.07. The van der Waals surface area contributed by atoms with E-state index >= 15 is 0 Å². The molecule has 0 bridgehead atoms. The van der Waals surface area contributed by atoms with Crippen LogP contribution in [0.3, 0.4) is 0 Å². The summed E-state index contributed by atoms with van der Waals surface area (Å²) >= 11 is 0. The Labute approximate surface area is 190 Å². The highest BCUT2D eigenvalue weighted by atomic mass is 32.2. The highest BCUT2D eigenvalue weighted by molar-refractivity contribution is 7.89. The van der Waals surface area contributed by atoms with Crippen molar-refractivity contribution < 1.29 is 8.42 Å². The minimum absolute atomic E-state index is 0.195. The highest BCUT2D eigenvalue weighted by Crippen LogP contribution is 2.36. The number of hydrazone groups is 1. The Morgan fingerprint density at radius 2 is 1.56 bits per heavy atom. The first-order valence-corrected chi connectivity index (χ1v) is 12.2. The molecule has 0 saturated heterocycles. The molecule has 162 valence electrons. The first-order chi connectivity index (χ1) is 15.5. The van der Waals surface area contributed by atoms with E-state index in [0.717, 1.165) is 36.0 Å². The molecule has 0 heterocycles. The third kappa shape index (κ3) is 5.24. The van der Waals surface area contributed by atoms with Crippen molar-refractivity contribution in [2.24, 2.45) is 5.10 Å². The van der Waals surface area contributed by atoms with Crippen molar-refractivity contribution in [3.63, 3.8) is 0 Å². The number of nitrogens with one attached hydrogen (secondary N) is 1. The molecule has 4 rings (SSSR count). The van der Waals surface area contributed by atoms with E-state index in [9.17, 15) is 8.42 Å². The fraction of sp³-hybridized carbons (Fsp3) is 0.148. The topological polar surface area (TPSA) is 58.5 Å². The van der Waals surface area contributed by atoms with Crippen molar-refractivity contribution in [3.05, 3.63) is 113 Å². The Bertz CT molecular complexity index is 1270. The maximum atomic E-state index is 12.5. The first-order valence-electron chi connectivity index (χ1n) is 10.7. The first kappa shape index (κ1) is 21.8. The summed E-state index contributed by atoms with van der Waals surface area (Å²) in [7, 11) is -3.70. The van der Waals surface area contributed by atoms with Crippen LogP contribution < -0.4 is 4.83 Å². The normalized spacial score (nSPS) is 14.5. The monoisotopic (exact) mass is 442 g/mol.